The fourth-order valence-corrected chi connectivity index (χ4v) is 3.18. The van der Waals surface area contributed by atoms with Gasteiger partial charge in [-0.15, -0.1) is 0 Å². The van der Waals surface area contributed by atoms with E-state index in [1.165, 1.54) is 6.07 Å². The molecule has 2 fully saturated rings. The molecule has 24 heavy (non-hydrogen) atoms. The summed E-state index contributed by atoms with van der Waals surface area (Å²) >= 11 is 0. The lowest BCUT2D eigenvalue weighted by molar-refractivity contribution is -0.234. The van der Waals surface area contributed by atoms with Crippen LogP contribution in [0.3, 0.4) is 0 Å². The van der Waals surface area contributed by atoms with Crippen molar-refractivity contribution in [1.82, 2.24) is 0 Å². The van der Waals surface area contributed by atoms with Crippen LogP contribution < -0.4 is 0 Å². The van der Waals surface area contributed by atoms with E-state index in [0.717, 1.165) is 19.3 Å². The lowest BCUT2D eigenvalue weighted by Crippen LogP contribution is -2.38. The third-order valence-electron chi connectivity index (χ3n) is 4.49. The highest BCUT2D eigenvalue weighted by Gasteiger charge is 2.56. The number of halogens is 2. The molecule has 0 aromatic heterocycles. The highest BCUT2D eigenvalue weighted by molar-refractivity contribution is 5.16. The van der Waals surface area contributed by atoms with Gasteiger partial charge in [0.05, 0.1) is 12.7 Å². The number of fused-ring (bicyclic) bond motifs is 1. The van der Waals surface area contributed by atoms with Crippen molar-refractivity contribution in [3.05, 3.63) is 35.6 Å². The second-order valence-electron chi connectivity index (χ2n) is 6.52. The number of unbranched alkanes of at least 4 members (excludes halogenated alkanes) is 1. The van der Waals surface area contributed by atoms with Crippen LogP contribution in [0.4, 0.5) is 8.78 Å². The fraction of sp³-hybridized carbons (Fsp3) is 0.667. The molecule has 2 aliphatic rings. The van der Waals surface area contributed by atoms with E-state index < -0.39 is 31.0 Å². The molecular weight excluding hydrogens is 318 g/mol. The Kier molecular flexibility index (Phi) is 5.49. The van der Waals surface area contributed by atoms with Gasteiger partial charge in [-0.25, -0.2) is 8.78 Å². The maximum atomic E-state index is 13.8. The largest absolute Gasteiger partial charge is 0.368 e. The zero-order valence-corrected chi connectivity index (χ0v) is 14.0. The first-order chi connectivity index (χ1) is 11.6. The quantitative estimate of drug-likeness (QED) is 0.757. The van der Waals surface area contributed by atoms with Crippen molar-refractivity contribution in [2.75, 3.05) is 6.67 Å². The Morgan fingerprint density at radius 2 is 2.04 bits per heavy atom. The van der Waals surface area contributed by atoms with E-state index in [-0.39, 0.29) is 18.5 Å². The summed E-state index contributed by atoms with van der Waals surface area (Å²) in [6, 6.07) is 6.48. The second-order valence-corrected chi connectivity index (χ2v) is 6.52. The molecule has 3 rings (SSSR count). The van der Waals surface area contributed by atoms with Crippen molar-refractivity contribution in [3.63, 3.8) is 0 Å². The molecule has 1 aromatic rings. The van der Waals surface area contributed by atoms with E-state index in [9.17, 15) is 8.78 Å². The van der Waals surface area contributed by atoms with E-state index in [1.54, 1.807) is 25.1 Å². The standard InChI is InChI=1S/C18H24F2O4/c1-3-4-9-14-15(21-10-12-7-5-6-8-13(12)20)16-17(22-14)24-18(2,11-19)23-16/h5-8,14-17H,3-4,9-11H2,1-2H3/t14-,15+,16-,17-,18?/m1/s1. The topological polar surface area (TPSA) is 36.9 Å². The smallest absolute Gasteiger partial charge is 0.197 e. The van der Waals surface area contributed by atoms with Crippen LogP contribution >= 0.6 is 0 Å². The summed E-state index contributed by atoms with van der Waals surface area (Å²) < 4.78 is 50.0. The van der Waals surface area contributed by atoms with E-state index in [1.807, 2.05) is 0 Å². The van der Waals surface area contributed by atoms with Crippen LogP contribution in [0.1, 0.15) is 38.7 Å². The summed E-state index contributed by atoms with van der Waals surface area (Å²) in [6.07, 6.45) is 1.05. The Hall–Kier alpha value is -1.08. The molecule has 1 unspecified atom stereocenters. The molecule has 0 saturated carbocycles. The number of ether oxygens (including phenoxy) is 4. The van der Waals surface area contributed by atoms with Gasteiger partial charge in [-0.3, -0.25) is 0 Å². The van der Waals surface area contributed by atoms with Crippen molar-refractivity contribution in [1.29, 1.82) is 0 Å². The van der Waals surface area contributed by atoms with Crippen LogP contribution in [0, 0.1) is 5.82 Å². The number of rotatable bonds is 7. The van der Waals surface area contributed by atoms with E-state index >= 15 is 0 Å². The zero-order chi connectivity index (χ0) is 17.2. The van der Waals surface area contributed by atoms with Gasteiger partial charge >= 0.3 is 0 Å². The summed E-state index contributed by atoms with van der Waals surface area (Å²) in [5, 5.41) is 0. The fourth-order valence-electron chi connectivity index (χ4n) is 3.18. The monoisotopic (exact) mass is 342 g/mol. The minimum atomic E-state index is -1.30. The van der Waals surface area contributed by atoms with Crippen molar-refractivity contribution >= 4 is 0 Å². The van der Waals surface area contributed by atoms with Crippen LogP contribution in [-0.4, -0.2) is 37.1 Å². The maximum absolute atomic E-state index is 13.8. The molecule has 2 heterocycles. The van der Waals surface area contributed by atoms with E-state index in [4.69, 9.17) is 18.9 Å². The molecule has 0 spiro atoms. The number of hydrogen-bond donors (Lipinski definition) is 0. The van der Waals surface area contributed by atoms with Crippen molar-refractivity contribution in [2.45, 2.75) is 70.1 Å². The van der Waals surface area contributed by atoms with Crippen molar-refractivity contribution in [2.24, 2.45) is 0 Å². The highest BCUT2D eigenvalue weighted by Crippen LogP contribution is 2.40. The molecule has 2 saturated heterocycles. The number of alkyl halides is 1. The molecule has 0 N–H and O–H groups in total. The Bertz CT molecular complexity index is 556. The summed E-state index contributed by atoms with van der Waals surface area (Å²) in [7, 11) is 0. The first kappa shape index (κ1) is 17.7. The molecular formula is C18H24F2O4. The van der Waals surface area contributed by atoms with Gasteiger partial charge in [0.15, 0.2) is 12.1 Å². The zero-order valence-electron chi connectivity index (χ0n) is 14.0. The molecule has 134 valence electrons. The third kappa shape index (κ3) is 3.61. The molecule has 6 heteroatoms. The summed E-state index contributed by atoms with van der Waals surface area (Å²) in [6.45, 7) is 2.99. The normalized spacial score (nSPS) is 35.3. The lowest BCUT2D eigenvalue weighted by atomic mass is 10.0. The lowest BCUT2D eigenvalue weighted by Gasteiger charge is -2.26. The van der Waals surface area contributed by atoms with E-state index in [2.05, 4.69) is 6.92 Å². The Labute approximate surface area is 141 Å². The first-order valence-electron chi connectivity index (χ1n) is 8.48. The van der Waals surface area contributed by atoms with Crippen LogP contribution in [0.25, 0.3) is 0 Å². The summed E-state index contributed by atoms with van der Waals surface area (Å²) in [4.78, 5) is 0. The maximum Gasteiger partial charge on any atom is 0.197 e. The van der Waals surface area contributed by atoms with Crippen molar-refractivity contribution < 1.29 is 27.7 Å². The van der Waals surface area contributed by atoms with Crippen molar-refractivity contribution in [3.8, 4) is 0 Å². The molecule has 0 aliphatic carbocycles. The third-order valence-corrected chi connectivity index (χ3v) is 4.49. The van der Waals surface area contributed by atoms with Gasteiger partial charge in [0, 0.05) is 5.56 Å². The molecule has 0 amide bonds. The second kappa shape index (κ2) is 7.44. The van der Waals surface area contributed by atoms with Gasteiger partial charge in [-0.05, 0) is 19.4 Å². The predicted molar refractivity (Wildman–Crippen MR) is 83.5 cm³/mol. The van der Waals surface area contributed by atoms with Gasteiger partial charge in [0.2, 0.25) is 0 Å². The van der Waals surface area contributed by atoms with Crippen LogP contribution in [0.5, 0.6) is 0 Å². The van der Waals surface area contributed by atoms with Crippen LogP contribution in [-0.2, 0) is 25.6 Å². The van der Waals surface area contributed by atoms with Gasteiger partial charge in [0.1, 0.15) is 24.7 Å². The summed E-state index contributed by atoms with van der Waals surface area (Å²) in [5.41, 5.74) is 0.474. The SMILES string of the molecule is CCCC[C@H]1O[C@@H]2OC(C)(CF)O[C@@H]2[C@H]1OCc1ccccc1F. The van der Waals surface area contributed by atoms with E-state index in [0.29, 0.717) is 5.56 Å². The van der Waals surface area contributed by atoms with Gasteiger partial charge in [-0.2, -0.15) is 0 Å². The first-order valence-corrected chi connectivity index (χ1v) is 8.48. The minimum Gasteiger partial charge on any atom is -0.368 e. The minimum absolute atomic E-state index is 0.113. The molecule has 5 atom stereocenters. The van der Waals surface area contributed by atoms with Gasteiger partial charge < -0.3 is 18.9 Å². The summed E-state index contributed by atoms with van der Waals surface area (Å²) in [5.74, 6) is -1.61. The molecule has 0 radical (unpaired) electrons. The molecule has 0 bridgehead atoms. The molecule has 4 nitrogen and oxygen atoms in total. The Morgan fingerprint density at radius 3 is 2.75 bits per heavy atom. The Morgan fingerprint density at radius 1 is 1.25 bits per heavy atom. The van der Waals surface area contributed by atoms with Crippen LogP contribution in [0.15, 0.2) is 24.3 Å². The predicted octanol–water partition coefficient (Wildman–Crippen LogP) is 3.73. The average Bonchev–Trinajstić information content (AvgIpc) is 3.06. The number of benzene rings is 1. The van der Waals surface area contributed by atoms with Gasteiger partial charge in [0.25, 0.3) is 0 Å². The number of hydrogen-bond acceptors (Lipinski definition) is 4. The molecule has 1 aromatic carbocycles. The van der Waals surface area contributed by atoms with Crippen LogP contribution in [0.2, 0.25) is 0 Å². The highest BCUT2D eigenvalue weighted by atomic mass is 19.1. The Balaban J connectivity index is 1.69. The molecule has 2 aliphatic heterocycles. The average molecular weight is 342 g/mol. The van der Waals surface area contributed by atoms with Gasteiger partial charge in [-0.1, -0.05) is 38.0 Å².